The minimum atomic E-state index is -2.12. The van der Waals surface area contributed by atoms with Gasteiger partial charge in [-0.25, -0.2) is 27.2 Å². The van der Waals surface area contributed by atoms with Crippen LogP contribution in [0.4, 0.5) is 22.4 Å². The summed E-state index contributed by atoms with van der Waals surface area (Å²) in [7, 11) is -2.01. The minimum absolute atomic E-state index is 0.0251. The van der Waals surface area contributed by atoms with Crippen molar-refractivity contribution in [1.29, 1.82) is 0 Å². The summed E-state index contributed by atoms with van der Waals surface area (Å²) in [5, 5.41) is 55.0. The summed E-state index contributed by atoms with van der Waals surface area (Å²) < 4.78 is 61.9. The van der Waals surface area contributed by atoms with Crippen molar-refractivity contribution in [2.24, 2.45) is 0 Å². The predicted molar refractivity (Wildman–Crippen MR) is 177 cm³/mol. The highest BCUT2D eigenvalue weighted by Gasteiger charge is 2.42. The van der Waals surface area contributed by atoms with Gasteiger partial charge in [-0.3, -0.25) is 24.1 Å². The maximum atomic E-state index is 14.6. The fourth-order valence-electron chi connectivity index (χ4n) is 5.76. The number of nitrogens with zero attached hydrogens (tertiary/aromatic N) is 2. The summed E-state index contributed by atoms with van der Waals surface area (Å²) in [6.07, 6.45) is -0.391. The molecular formula is C32H27BClF4N5O12. The van der Waals surface area contributed by atoms with Crippen LogP contribution in [0, 0.1) is 23.3 Å². The number of hydrogen-bond donors (Lipinski definition) is 8. The fourth-order valence-corrected chi connectivity index (χ4v) is 6.02. The molecule has 0 aliphatic carbocycles. The zero-order valence-electron chi connectivity index (χ0n) is 27.7. The Bertz CT molecular complexity index is 2110. The number of imide groups is 1. The number of phenolic OH excluding ortho intramolecular Hbond substituents is 3. The Kier molecular flexibility index (Phi) is 11.6. The number of halogens is 5. The molecule has 1 fully saturated rings. The molecule has 2 aliphatic heterocycles. The number of hydrogen-bond acceptors (Lipinski definition) is 11. The smallest absolute Gasteiger partial charge is 0.534 e. The van der Waals surface area contributed by atoms with Crippen LogP contribution in [0.15, 0.2) is 30.3 Å². The highest BCUT2D eigenvalue weighted by molar-refractivity contribution is 6.47. The molecule has 2 aliphatic rings. The van der Waals surface area contributed by atoms with E-state index < -0.39 is 129 Å². The van der Waals surface area contributed by atoms with Gasteiger partial charge in [-0.05, 0) is 30.5 Å². The van der Waals surface area contributed by atoms with Crippen LogP contribution in [-0.2, 0) is 20.8 Å². The van der Waals surface area contributed by atoms with Crippen LogP contribution in [0.1, 0.15) is 44.3 Å². The number of nitrogens with one attached hydrogen (secondary N) is 3. The van der Waals surface area contributed by atoms with Gasteiger partial charge in [0.25, 0.3) is 5.91 Å². The third-order valence-corrected chi connectivity index (χ3v) is 8.88. The Morgan fingerprint density at radius 3 is 2.25 bits per heavy atom. The molecule has 0 saturated carbocycles. The number of fused-ring (bicyclic) bond motifs is 1. The monoisotopic (exact) mass is 795 g/mol. The van der Waals surface area contributed by atoms with Gasteiger partial charge in [0, 0.05) is 43.9 Å². The van der Waals surface area contributed by atoms with Gasteiger partial charge >= 0.3 is 30.9 Å². The van der Waals surface area contributed by atoms with Gasteiger partial charge in [-0.1, -0.05) is 17.7 Å². The number of piperazine rings is 1. The number of aromatic hydroxyl groups is 3. The second-order valence-corrected chi connectivity index (χ2v) is 12.4. The lowest BCUT2D eigenvalue weighted by Gasteiger charge is -2.34. The van der Waals surface area contributed by atoms with Gasteiger partial charge in [0.05, 0.1) is 11.0 Å². The maximum absolute atomic E-state index is 14.6. The average molecular weight is 796 g/mol. The van der Waals surface area contributed by atoms with Gasteiger partial charge in [-0.15, -0.1) is 0 Å². The van der Waals surface area contributed by atoms with Gasteiger partial charge in [0.2, 0.25) is 5.91 Å². The molecule has 1 saturated heterocycles. The Balaban J connectivity index is 1.27. The highest BCUT2D eigenvalue weighted by Crippen LogP contribution is 2.41. The van der Waals surface area contributed by atoms with E-state index in [-0.39, 0.29) is 38.0 Å². The molecule has 2 atom stereocenters. The summed E-state index contributed by atoms with van der Waals surface area (Å²) in [5.41, 5.74) is -2.49. The number of carboxylic acid groups (broad SMARTS) is 1. The first kappa shape index (κ1) is 39.9. The predicted octanol–water partition coefficient (Wildman–Crippen LogP) is 1.09. The topological polar surface area (TPSA) is 255 Å². The largest absolute Gasteiger partial charge is 0.547 e. The van der Waals surface area contributed by atoms with Crippen LogP contribution in [0.2, 0.25) is 5.02 Å². The van der Waals surface area contributed by atoms with Gasteiger partial charge in [0.15, 0.2) is 17.3 Å². The van der Waals surface area contributed by atoms with Crippen LogP contribution in [-0.4, -0.2) is 110 Å². The third kappa shape index (κ3) is 8.14. The molecule has 55 heavy (non-hydrogen) atoms. The SMILES string of the molecule is O=C(NCCCN1CCN(C(=O)NC(C(=O)N[C@H]2Cc3ccc(F)c(C(=O)O)c3OB2O)c2cc(F)c(O)c(O)c2Cl)C(=O)C1=O)c1c(F)cc(O)cc1F. The van der Waals surface area contributed by atoms with Crippen molar-refractivity contribution in [2.45, 2.75) is 24.8 Å². The van der Waals surface area contributed by atoms with Crippen molar-refractivity contribution in [3.63, 3.8) is 0 Å². The number of carboxylic acids is 1. The van der Waals surface area contributed by atoms with Crippen molar-refractivity contribution in [2.75, 3.05) is 26.2 Å². The molecule has 3 aromatic carbocycles. The normalized spacial score (nSPS) is 15.9. The summed E-state index contributed by atoms with van der Waals surface area (Å²) in [6, 6.07) is -0.0388. The van der Waals surface area contributed by atoms with E-state index in [9.17, 15) is 71.8 Å². The molecule has 5 rings (SSSR count). The van der Waals surface area contributed by atoms with E-state index in [0.29, 0.717) is 23.1 Å². The number of rotatable bonds is 10. The minimum Gasteiger partial charge on any atom is -0.534 e. The summed E-state index contributed by atoms with van der Waals surface area (Å²) in [4.78, 5) is 78.2. The molecule has 0 bridgehead atoms. The number of urea groups is 1. The lowest BCUT2D eigenvalue weighted by Crippen LogP contribution is -2.60. The lowest BCUT2D eigenvalue weighted by atomic mass is 9.72. The van der Waals surface area contributed by atoms with Crippen molar-refractivity contribution in [3.8, 4) is 23.0 Å². The van der Waals surface area contributed by atoms with Crippen LogP contribution in [0.25, 0.3) is 0 Å². The second-order valence-electron chi connectivity index (χ2n) is 12.0. The zero-order chi connectivity index (χ0) is 40.5. The summed E-state index contributed by atoms with van der Waals surface area (Å²) in [6.45, 7) is -1.15. The van der Waals surface area contributed by atoms with Crippen molar-refractivity contribution in [1.82, 2.24) is 25.8 Å². The number of amides is 6. The number of aromatic carboxylic acids is 1. The summed E-state index contributed by atoms with van der Waals surface area (Å²) >= 11 is 6.10. The van der Waals surface area contributed by atoms with E-state index in [4.69, 9.17) is 16.3 Å². The number of carbonyl (C=O) groups is 6. The Morgan fingerprint density at radius 2 is 1.60 bits per heavy atom. The Labute approximate surface area is 311 Å². The molecule has 0 aromatic heterocycles. The molecule has 1 unspecified atom stereocenters. The number of carbonyl (C=O) groups excluding carboxylic acids is 5. The first-order valence-corrected chi connectivity index (χ1v) is 16.3. The second kappa shape index (κ2) is 16.0. The molecule has 290 valence electrons. The molecule has 6 amide bonds. The molecule has 3 aromatic rings. The third-order valence-electron chi connectivity index (χ3n) is 8.49. The zero-order valence-corrected chi connectivity index (χ0v) is 28.5. The van der Waals surface area contributed by atoms with Gasteiger partial charge in [-0.2, -0.15) is 0 Å². The molecule has 23 heteroatoms. The maximum Gasteiger partial charge on any atom is 0.547 e. The van der Waals surface area contributed by atoms with Crippen molar-refractivity contribution < 1.29 is 76.4 Å². The van der Waals surface area contributed by atoms with Crippen LogP contribution >= 0.6 is 11.6 Å². The van der Waals surface area contributed by atoms with E-state index in [1.54, 1.807) is 0 Å². The molecule has 0 radical (unpaired) electrons. The van der Waals surface area contributed by atoms with Crippen LogP contribution in [0.3, 0.4) is 0 Å². The van der Waals surface area contributed by atoms with Gasteiger partial charge in [0.1, 0.15) is 46.1 Å². The van der Waals surface area contributed by atoms with E-state index >= 15 is 0 Å². The Morgan fingerprint density at radius 1 is 0.927 bits per heavy atom. The number of benzene rings is 3. The van der Waals surface area contributed by atoms with Crippen molar-refractivity contribution in [3.05, 3.63) is 80.9 Å². The first-order valence-electron chi connectivity index (χ1n) is 15.9. The molecule has 2 heterocycles. The molecule has 17 nitrogen and oxygen atoms in total. The van der Waals surface area contributed by atoms with E-state index in [1.165, 1.54) is 0 Å². The lowest BCUT2D eigenvalue weighted by molar-refractivity contribution is -0.153. The summed E-state index contributed by atoms with van der Waals surface area (Å²) in [5.74, 6) is -17.3. The molecular weight excluding hydrogens is 769 g/mol. The highest BCUT2D eigenvalue weighted by atomic mass is 35.5. The van der Waals surface area contributed by atoms with Crippen LogP contribution < -0.4 is 20.6 Å². The van der Waals surface area contributed by atoms with E-state index in [0.717, 1.165) is 17.0 Å². The van der Waals surface area contributed by atoms with Crippen LogP contribution in [0.5, 0.6) is 23.0 Å². The standard InChI is InChI=1S/C32H27BClF4N5O12/c34-22-14(11-18(38)24(45)25(22)46)23(28(48)40-19-8-12-2-3-15(35)21(31(51)52)26(12)55-33(19)54)41-32(53)43-7-6-42(29(49)30(43)50)5-1-4-39-27(47)20-16(36)9-13(44)10-17(20)37/h2-3,9-11,19,23,44-46,54H,1,4-8H2,(H,39,47)(H,40,48)(H,41,53)(H,51,52)/t19-,23?/m0/s1. The van der Waals surface area contributed by atoms with E-state index in [2.05, 4.69) is 16.0 Å². The molecule has 0 spiro atoms. The van der Waals surface area contributed by atoms with Crippen molar-refractivity contribution >= 4 is 54.3 Å². The first-order chi connectivity index (χ1) is 25.9. The number of phenols is 3. The van der Waals surface area contributed by atoms with E-state index in [1.807, 2.05) is 0 Å². The fraction of sp³-hybridized carbons (Fsp3) is 0.250. The molecule has 8 N–H and O–H groups in total. The quantitative estimate of drug-likeness (QED) is 0.0472. The Hall–Kier alpha value is -6.29. The van der Waals surface area contributed by atoms with Gasteiger partial charge < -0.3 is 51.0 Å². The average Bonchev–Trinajstić information content (AvgIpc) is 3.11.